The minimum absolute atomic E-state index is 0.623. The lowest BCUT2D eigenvalue weighted by Gasteiger charge is -2.26. The van der Waals surface area contributed by atoms with Gasteiger partial charge in [0.05, 0.1) is 10.4 Å². The summed E-state index contributed by atoms with van der Waals surface area (Å²) in [6.07, 6.45) is 0. The van der Waals surface area contributed by atoms with Crippen molar-refractivity contribution >= 4 is 70.4 Å². The fraction of sp³-hybridized carbons (Fsp3) is 0. The highest BCUT2D eigenvalue weighted by Crippen LogP contribution is 2.49. The van der Waals surface area contributed by atoms with Crippen LogP contribution in [0, 0.1) is 0 Å². The van der Waals surface area contributed by atoms with Gasteiger partial charge in [-0.2, -0.15) is 0 Å². The van der Waals surface area contributed by atoms with E-state index in [2.05, 4.69) is 157 Å². The molecule has 51 heavy (non-hydrogen) atoms. The van der Waals surface area contributed by atoms with Crippen LogP contribution in [0.1, 0.15) is 0 Å². The molecule has 2 heterocycles. The third-order valence-corrected chi connectivity index (χ3v) is 10.9. The van der Waals surface area contributed by atoms with Crippen molar-refractivity contribution in [2.45, 2.75) is 0 Å². The predicted molar refractivity (Wildman–Crippen MR) is 215 cm³/mol. The molecule has 8 aromatic carbocycles. The largest absolute Gasteiger partial charge is 0.435 e. The highest BCUT2D eigenvalue weighted by atomic mass is 32.1. The smallest absolute Gasteiger partial charge is 0.227 e. The van der Waals surface area contributed by atoms with Crippen LogP contribution in [-0.4, -0.2) is 4.98 Å². The maximum absolute atomic E-state index is 6.62. The minimum atomic E-state index is 0.623. The molecule has 0 radical (unpaired) electrons. The van der Waals surface area contributed by atoms with E-state index in [9.17, 15) is 0 Å². The molecule has 0 amide bonds. The second-order valence-corrected chi connectivity index (χ2v) is 13.8. The first-order valence-electron chi connectivity index (χ1n) is 17.1. The Morgan fingerprint density at radius 3 is 1.82 bits per heavy atom. The molecule has 2 aromatic heterocycles. The molecule has 4 heteroatoms. The van der Waals surface area contributed by atoms with Gasteiger partial charge in [-0.3, -0.25) is 0 Å². The normalized spacial score (nSPS) is 11.5. The quantitative estimate of drug-likeness (QED) is 0.176. The monoisotopic (exact) mass is 670 g/mol. The molecule has 240 valence electrons. The van der Waals surface area contributed by atoms with Gasteiger partial charge in [0.1, 0.15) is 5.52 Å². The van der Waals surface area contributed by atoms with Crippen LogP contribution < -0.4 is 4.90 Å². The van der Waals surface area contributed by atoms with Gasteiger partial charge in [0.15, 0.2) is 5.58 Å². The van der Waals surface area contributed by atoms with Crippen LogP contribution in [0.15, 0.2) is 186 Å². The zero-order chi connectivity index (χ0) is 33.7. The first-order valence-corrected chi connectivity index (χ1v) is 17.9. The van der Waals surface area contributed by atoms with E-state index in [-0.39, 0.29) is 0 Å². The van der Waals surface area contributed by atoms with Crippen molar-refractivity contribution in [3.63, 3.8) is 0 Å². The van der Waals surface area contributed by atoms with Crippen LogP contribution >= 0.6 is 11.3 Å². The van der Waals surface area contributed by atoms with Gasteiger partial charge in [-0.05, 0) is 81.6 Å². The molecule has 0 aliphatic carbocycles. The van der Waals surface area contributed by atoms with Gasteiger partial charge in [-0.1, -0.05) is 133 Å². The third-order valence-electron chi connectivity index (χ3n) is 9.70. The van der Waals surface area contributed by atoms with Gasteiger partial charge in [0.2, 0.25) is 5.89 Å². The first kappa shape index (κ1) is 29.4. The van der Waals surface area contributed by atoms with Crippen molar-refractivity contribution in [1.82, 2.24) is 4.98 Å². The summed E-state index contributed by atoms with van der Waals surface area (Å²) < 4.78 is 8.99. The molecular weight excluding hydrogens is 641 g/mol. The standard InChI is InChI=1S/C47H30N2OS/c1-3-12-31(13-4-1)32-22-26-36(27-23-32)49(37-28-24-34(25-29-37)39-20-11-17-33-14-7-8-18-38(33)39)42-30-41-45(50-47(48-41)35-15-5-2-6-16-35)44-40-19-9-10-21-43(40)51-46(42)44/h1-30H. The maximum Gasteiger partial charge on any atom is 0.227 e. The summed E-state index contributed by atoms with van der Waals surface area (Å²) in [6, 6.07) is 64.4. The topological polar surface area (TPSA) is 29.3 Å². The highest BCUT2D eigenvalue weighted by Gasteiger charge is 2.24. The number of anilines is 3. The minimum Gasteiger partial charge on any atom is -0.435 e. The van der Waals surface area contributed by atoms with Gasteiger partial charge < -0.3 is 9.32 Å². The molecular formula is C47H30N2OS. The highest BCUT2D eigenvalue weighted by molar-refractivity contribution is 7.26. The lowest BCUT2D eigenvalue weighted by Crippen LogP contribution is -2.10. The summed E-state index contributed by atoms with van der Waals surface area (Å²) >= 11 is 1.80. The summed E-state index contributed by atoms with van der Waals surface area (Å²) in [6.45, 7) is 0. The second-order valence-electron chi connectivity index (χ2n) is 12.8. The van der Waals surface area contributed by atoms with Crippen molar-refractivity contribution in [1.29, 1.82) is 0 Å². The molecule has 0 saturated carbocycles. The Kier molecular flexibility index (Phi) is 7.00. The summed E-state index contributed by atoms with van der Waals surface area (Å²) in [4.78, 5) is 7.47. The lowest BCUT2D eigenvalue weighted by atomic mass is 9.98. The molecule has 0 saturated heterocycles. The molecule has 3 nitrogen and oxygen atoms in total. The summed E-state index contributed by atoms with van der Waals surface area (Å²) in [5.41, 5.74) is 10.6. The van der Waals surface area contributed by atoms with Crippen LogP contribution in [0.4, 0.5) is 17.1 Å². The molecule has 0 aliphatic heterocycles. The molecule has 0 unspecified atom stereocenters. The van der Waals surface area contributed by atoms with Crippen LogP contribution in [0.2, 0.25) is 0 Å². The summed E-state index contributed by atoms with van der Waals surface area (Å²) in [7, 11) is 0. The summed E-state index contributed by atoms with van der Waals surface area (Å²) in [5.74, 6) is 0.623. The molecule has 0 spiro atoms. The molecule has 0 aliphatic rings. The fourth-order valence-electron chi connectivity index (χ4n) is 7.25. The van der Waals surface area contributed by atoms with E-state index in [4.69, 9.17) is 9.40 Å². The number of rotatable bonds is 6. The number of hydrogen-bond donors (Lipinski definition) is 0. The Hall–Kier alpha value is -6.49. The van der Waals surface area contributed by atoms with Crippen molar-refractivity contribution in [3.8, 4) is 33.7 Å². The molecule has 0 atom stereocenters. The van der Waals surface area contributed by atoms with E-state index in [1.165, 1.54) is 43.1 Å². The van der Waals surface area contributed by atoms with E-state index in [0.717, 1.165) is 43.8 Å². The fourth-order valence-corrected chi connectivity index (χ4v) is 8.46. The van der Waals surface area contributed by atoms with Crippen LogP contribution in [0.3, 0.4) is 0 Å². The van der Waals surface area contributed by atoms with Gasteiger partial charge in [0.25, 0.3) is 0 Å². The van der Waals surface area contributed by atoms with E-state index in [0.29, 0.717) is 5.89 Å². The molecule has 0 bridgehead atoms. The van der Waals surface area contributed by atoms with E-state index in [1.807, 2.05) is 30.3 Å². The van der Waals surface area contributed by atoms with Crippen molar-refractivity contribution in [3.05, 3.63) is 182 Å². The van der Waals surface area contributed by atoms with Crippen LogP contribution in [0.5, 0.6) is 0 Å². The van der Waals surface area contributed by atoms with E-state index in [1.54, 1.807) is 11.3 Å². The first-order chi connectivity index (χ1) is 25.3. The van der Waals surface area contributed by atoms with Crippen molar-refractivity contribution in [2.24, 2.45) is 0 Å². The maximum atomic E-state index is 6.62. The third kappa shape index (κ3) is 5.08. The Balaban J connectivity index is 1.20. The van der Waals surface area contributed by atoms with Crippen molar-refractivity contribution in [2.75, 3.05) is 4.90 Å². The number of benzene rings is 8. The van der Waals surface area contributed by atoms with Gasteiger partial charge in [0, 0.05) is 32.4 Å². The second kappa shape index (κ2) is 12.1. The van der Waals surface area contributed by atoms with Crippen LogP contribution in [-0.2, 0) is 0 Å². The Bertz CT molecular complexity index is 2830. The van der Waals surface area contributed by atoms with Gasteiger partial charge in [-0.15, -0.1) is 11.3 Å². The van der Waals surface area contributed by atoms with Gasteiger partial charge in [-0.25, -0.2) is 4.98 Å². The predicted octanol–water partition coefficient (Wildman–Crippen LogP) is 13.8. The van der Waals surface area contributed by atoms with E-state index >= 15 is 0 Å². The average molecular weight is 671 g/mol. The Labute approximate surface area is 299 Å². The number of nitrogens with zero attached hydrogens (tertiary/aromatic N) is 2. The number of oxazole rings is 1. The number of fused-ring (bicyclic) bond motifs is 6. The number of thiophene rings is 1. The number of hydrogen-bond acceptors (Lipinski definition) is 4. The SMILES string of the molecule is c1ccc(-c2ccc(N(c3ccc(-c4cccc5ccccc45)cc3)c3cc4nc(-c5ccccc5)oc4c4c3sc3ccccc34)cc2)cc1. The molecule has 10 aromatic rings. The number of aromatic nitrogens is 1. The van der Waals surface area contributed by atoms with Gasteiger partial charge >= 0.3 is 0 Å². The van der Waals surface area contributed by atoms with Crippen LogP contribution in [0.25, 0.3) is 75.8 Å². The van der Waals surface area contributed by atoms with Crippen molar-refractivity contribution < 1.29 is 4.42 Å². The Morgan fingerprint density at radius 2 is 1.08 bits per heavy atom. The Morgan fingerprint density at radius 1 is 0.490 bits per heavy atom. The zero-order valence-electron chi connectivity index (χ0n) is 27.5. The van der Waals surface area contributed by atoms with E-state index < -0.39 is 0 Å². The molecule has 10 rings (SSSR count). The summed E-state index contributed by atoms with van der Waals surface area (Å²) in [5, 5.41) is 4.75. The average Bonchev–Trinajstić information content (AvgIpc) is 3.81. The molecule has 0 N–H and O–H groups in total. The lowest BCUT2D eigenvalue weighted by molar-refractivity contribution is 0.623. The zero-order valence-corrected chi connectivity index (χ0v) is 28.3. The molecule has 0 fully saturated rings.